The van der Waals surface area contributed by atoms with Gasteiger partial charge in [0.2, 0.25) is 5.91 Å². The molecule has 26 heavy (non-hydrogen) atoms. The van der Waals surface area contributed by atoms with Gasteiger partial charge in [0.05, 0.1) is 44.7 Å². The molecule has 1 aromatic carbocycles. The van der Waals surface area contributed by atoms with E-state index in [1.54, 1.807) is 24.3 Å². The van der Waals surface area contributed by atoms with Gasteiger partial charge in [0, 0.05) is 5.69 Å². The third kappa shape index (κ3) is 5.18. The van der Waals surface area contributed by atoms with Crippen molar-refractivity contribution >= 4 is 23.5 Å². The maximum atomic E-state index is 12.2. The molecule has 2 rings (SSSR count). The Bertz CT molecular complexity index is 751. The second-order valence-electron chi connectivity index (χ2n) is 5.58. The maximum Gasteiger partial charge on any atom is 0.337 e. The minimum atomic E-state index is -0.624. The van der Waals surface area contributed by atoms with E-state index in [4.69, 9.17) is 4.42 Å². The Morgan fingerprint density at radius 2 is 1.69 bits per heavy atom. The van der Waals surface area contributed by atoms with Crippen molar-refractivity contribution in [3.8, 4) is 0 Å². The highest BCUT2D eigenvalue weighted by atomic mass is 16.5. The summed E-state index contributed by atoms with van der Waals surface area (Å²) in [5.74, 6) is -0.819. The van der Waals surface area contributed by atoms with Crippen LogP contribution in [0.1, 0.15) is 26.5 Å². The number of furan rings is 1. The van der Waals surface area contributed by atoms with E-state index in [-0.39, 0.29) is 23.6 Å². The van der Waals surface area contributed by atoms with Gasteiger partial charge >= 0.3 is 11.9 Å². The zero-order valence-electron chi connectivity index (χ0n) is 14.8. The number of amides is 1. The van der Waals surface area contributed by atoms with Crippen LogP contribution >= 0.6 is 0 Å². The topological polar surface area (TPSA) is 98.1 Å². The van der Waals surface area contributed by atoms with Crippen LogP contribution in [0.2, 0.25) is 0 Å². The molecule has 0 aliphatic carbocycles. The third-order valence-corrected chi connectivity index (χ3v) is 3.48. The molecule has 0 atom stereocenters. The maximum absolute atomic E-state index is 12.2. The molecule has 0 saturated carbocycles. The third-order valence-electron chi connectivity index (χ3n) is 3.48. The monoisotopic (exact) mass is 360 g/mol. The van der Waals surface area contributed by atoms with Crippen molar-refractivity contribution in [1.29, 1.82) is 0 Å². The van der Waals surface area contributed by atoms with Crippen LogP contribution in [0.3, 0.4) is 0 Å². The molecule has 1 heterocycles. The number of hydrogen-bond donors (Lipinski definition) is 1. The Labute approximate surface area is 150 Å². The average molecular weight is 360 g/mol. The van der Waals surface area contributed by atoms with Crippen LogP contribution in [0.4, 0.5) is 5.69 Å². The number of benzene rings is 1. The van der Waals surface area contributed by atoms with Crippen molar-refractivity contribution in [2.45, 2.75) is 6.54 Å². The first-order valence-corrected chi connectivity index (χ1v) is 7.75. The van der Waals surface area contributed by atoms with Gasteiger partial charge in [0.1, 0.15) is 5.76 Å². The van der Waals surface area contributed by atoms with Crippen molar-refractivity contribution in [3.05, 3.63) is 53.5 Å². The zero-order valence-corrected chi connectivity index (χ0v) is 14.8. The summed E-state index contributed by atoms with van der Waals surface area (Å²) >= 11 is 0. The van der Waals surface area contributed by atoms with Gasteiger partial charge in [-0.25, -0.2) is 9.59 Å². The zero-order chi connectivity index (χ0) is 19.1. The van der Waals surface area contributed by atoms with Crippen LogP contribution < -0.4 is 5.32 Å². The molecule has 1 amide bonds. The highest BCUT2D eigenvalue weighted by molar-refractivity contribution is 5.99. The van der Waals surface area contributed by atoms with Gasteiger partial charge in [-0.3, -0.25) is 9.69 Å². The van der Waals surface area contributed by atoms with E-state index in [0.29, 0.717) is 12.2 Å². The molecule has 0 unspecified atom stereocenters. The molecule has 138 valence electrons. The van der Waals surface area contributed by atoms with Crippen LogP contribution in [0.15, 0.2) is 41.0 Å². The molecular formula is C18H20N2O6. The van der Waals surface area contributed by atoms with E-state index in [1.165, 1.54) is 32.4 Å². The van der Waals surface area contributed by atoms with Gasteiger partial charge in [-0.05, 0) is 37.4 Å². The van der Waals surface area contributed by atoms with E-state index < -0.39 is 11.9 Å². The fraction of sp³-hybridized carbons (Fsp3) is 0.278. The first-order chi connectivity index (χ1) is 12.4. The van der Waals surface area contributed by atoms with E-state index >= 15 is 0 Å². The highest BCUT2D eigenvalue weighted by Crippen LogP contribution is 2.17. The van der Waals surface area contributed by atoms with Crippen molar-refractivity contribution in [1.82, 2.24) is 4.90 Å². The van der Waals surface area contributed by atoms with Crippen molar-refractivity contribution < 1.29 is 28.3 Å². The second-order valence-corrected chi connectivity index (χ2v) is 5.58. The Hall–Kier alpha value is -3.13. The van der Waals surface area contributed by atoms with Gasteiger partial charge in [0.15, 0.2) is 0 Å². The largest absolute Gasteiger partial charge is 0.468 e. The summed E-state index contributed by atoms with van der Waals surface area (Å²) < 4.78 is 14.6. The first kappa shape index (κ1) is 19.2. The lowest BCUT2D eigenvalue weighted by atomic mass is 10.1. The number of ether oxygens (including phenoxy) is 2. The SMILES string of the molecule is COC(=O)c1cc(NC(=O)CN(C)Cc2ccco2)cc(C(=O)OC)c1. The second kappa shape index (κ2) is 8.82. The molecule has 0 saturated heterocycles. The van der Waals surface area contributed by atoms with Crippen LogP contribution in [-0.2, 0) is 20.8 Å². The number of anilines is 1. The number of rotatable bonds is 7. The summed E-state index contributed by atoms with van der Waals surface area (Å²) in [5, 5.41) is 2.66. The van der Waals surface area contributed by atoms with Crippen LogP contribution in [0.25, 0.3) is 0 Å². The van der Waals surface area contributed by atoms with E-state index in [2.05, 4.69) is 14.8 Å². The quantitative estimate of drug-likeness (QED) is 0.753. The molecule has 1 aromatic heterocycles. The summed E-state index contributed by atoms with van der Waals surface area (Å²) in [5.41, 5.74) is 0.564. The number of nitrogens with zero attached hydrogens (tertiary/aromatic N) is 1. The number of carbonyl (C=O) groups excluding carboxylic acids is 3. The summed E-state index contributed by atoms with van der Waals surface area (Å²) in [7, 11) is 4.23. The standard InChI is InChI=1S/C18H20N2O6/c1-20(10-15-5-4-6-26-15)11-16(21)19-14-8-12(17(22)24-2)7-13(9-14)18(23)25-3/h4-9H,10-11H2,1-3H3,(H,19,21). The fourth-order valence-corrected chi connectivity index (χ4v) is 2.34. The number of carbonyl (C=O) groups is 3. The van der Waals surface area contributed by atoms with E-state index in [9.17, 15) is 14.4 Å². The van der Waals surface area contributed by atoms with Crippen molar-refractivity contribution in [2.24, 2.45) is 0 Å². The summed E-state index contributed by atoms with van der Waals surface area (Å²) in [6.07, 6.45) is 1.57. The minimum absolute atomic E-state index is 0.0940. The van der Waals surface area contributed by atoms with Crippen molar-refractivity contribution in [3.63, 3.8) is 0 Å². The summed E-state index contributed by atoms with van der Waals surface area (Å²) in [6, 6.07) is 7.80. The molecule has 0 bridgehead atoms. The van der Waals surface area contributed by atoms with Crippen LogP contribution in [-0.4, -0.2) is 50.6 Å². The predicted molar refractivity (Wildman–Crippen MR) is 92.8 cm³/mol. The number of methoxy groups -OCH3 is 2. The normalized spacial score (nSPS) is 10.5. The smallest absolute Gasteiger partial charge is 0.337 e. The minimum Gasteiger partial charge on any atom is -0.468 e. The van der Waals surface area contributed by atoms with Crippen molar-refractivity contribution in [2.75, 3.05) is 33.1 Å². The number of nitrogens with one attached hydrogen (secondary N) is 1. The van der Waals surface area contributed by atoms with Gasteiger partial charge in [-0.15, -0.1) is 0 Å². The van der Waals surface area contributed by atoms with Crippen LogP contribution in [0.5, 0.6) is 0 Å². The molecular weight excluding hydrogens is 340 g/mol. The van der Waals surface area contributed by atoms with Gasteiger partial charge in [-0.2, -0.15) is 0 Å². The van der Waals surface area contributed by atoms with Gasteiger partial charge in [0.25, 0.3) is 0 Å². The predicted octanol–water partition coefficient (Wildman–Crippen LogP) is 1.92. The molecule has 0 spiro atoms. The van der Waals surface area contributed by atoms with Crippen LogP contribution in [0, 0.1) is 0 Å². The molecule has 0 radical (unpaired) electrons. The molecule has 0 aliphatic heterocycles. The lowest BCUT2D eigenvalue weighted by Crippen LogP contribution is -2.29. The highest BCUT2D eigenvalue weighted by Gasteiger charge is 2.15. The molecule has 2 aromatic rings. The van der Waals surface area contributed by atoms with E-state index in [0.717, 1.165) is 5.76 Å². The van der Waals surface area contributed by atoms with Gasteiger partial charge < -0.3 is 19.2 Å². The number of likely N-dealkylation sites (N-methyl/N-ethyl adjacent to an activating group) is 1. The number of esters is 2. The average Bonchev–Trinajstić information content (AvgIpc) is 3.12. The van der Waals surface area contributed by atoms with E-state index in [1.807, 2.05) is 6.07 Å². The lowest BCUT2D eigenvalue weighted by molar-refractivity contribution is -0.117. The first-order valence-electron chi connectivity index (χ1n) is 7.75. The molecule has 0 fully saturated rings. The molecule has 0 aliphatic rings. The molecule has 1 N–H and O–H groups in total. The molecule has 8 nitrogen and oxygen atoms in total. The lowest BCUT2D eigenvalue weighted by Gasteiger charge is -2.15. The molecule has 8 heteroatoms. The number of hydrogen-bond acceptors (Lipinski definition) is 7. The Morgan fingerprint density at radius 3 is 2.19 bits per heavy atom. The Balaban J connectivity index is 2.09. The summed E-state index contributed by atoms with van der Waals surface area (Å²) in [4.78, 5) is 37.5. The fourth-order valence-electron chi connectivity index (χ4n) is 2.34. The summed E-state index contributed by atoms with van der Waals surface area (Å²) in [6.45, 7) is 0.562. The Kier molecular flexibility index (Phi) is 6.51. The Morgan fingerprint density at radius 1 is 1.08 bits per heavy atom. The van der Waals surface area contributed by atoms with Gasteiger partial charge in [-0.1, -0.05) is 0 Å².